The third kappa shape index (κ3) is 2.60. The van der Waals surface area contributed by atoms with Gasteiger partial charge in [-0.15, -0.1) is 0 Å². The molecular formula is C14H21N. The van der Waals surface area contributed by atoms with Crippen molar-refractivity contribution in [3.8, 4) is 0 Å². The van der Waals surface area contributed by atoms with Crippen LogP contribution in [-0.2, 0) is 0 Å². The summed E-state index contributed by atoms with van der Waals surface area (Å²) in [6, 6.07) is 11.7. The molecule has 1 aliphatic rings. The molecule has 0 saturated heterocycles. The molecule has 15 heavy (non-hydrogen) atoms. The zero-order chi connectivity index (χ0) is 10.5. The van der Waals surface area contributed by atoms with Gasteiger partial charge in [-0.3, -0.25) is 0 Å². The third-order valence-corrected chi connectivity index (χ3v) is 3.46. The number of likely N-dealkylation sites (N-methyl/N-ethyl adjacent to an activating group) is 1. The van der Waals surface area contributed by atoms with E-state index in [1.54, 1.807) is 0 Å². The topological polar surface area (TPSA) is 12.0 Å². The highest BCUT2D eigenvalue weighted by Gasteiger charge is 2.25. The van der Waals surface area contributed by atoms with Crippen LogP contribution in [0.15, 0.2) is 30.3 Å². The zero-order valence-electron chi connectivity index (χ0n) is 9.58. The number of benzene rings is 1. The van der Waals surface area contributed by atoms with E-state index in [0.29, 0.717) is 6.04 Å². The van der Waals surface area contributed by atoms with E-state index in [4.69, 9.17) is 0 Å². The van der Waals surface area contributed by atoms with Crippen molar-refractivity contribution in [2.24, 2.45) is 0 Å². The van der Waals surface area contributed by atoms with E-state index in [1.165, 1.54) is 31.2 Å². The first kappa shape index (κ1) is 10.7. The van der Waals surface area contributed by atoms with Crippen LogP contribution >= 0.6 is 0 Å². The van der Waals surface area contributed by atoms with Crippen molar-refractivity contribution in [3.63, 3.8) is 0 Å². The molecule has 1 aromatic carbocycles. The summed E-state index contributed by atoms with van der Waals surface area (Å²) in [6.45, 7) is 3.30. The Bertz CT molecular complexity index is 279. The van der Waals surface area contributed by atoms with Crippen LogP contribution in [0.2, 0.25) is 0 Å². The van der Waals surface area contributed by atoms with E-state index in [9.17, 15) is 0 Å². The lowest BCUT2D eigenvalue weighted by molar-refractivity contribution is 0.332. The summed E-state index contributed by atoms with van der Waals surface area (Å²) < 4.78 is 0. The minimum absolute atomic E-state index is 0.700. The summed E-state index contributed by atoms with van der Waals surface area (Å²) in [5.74, 6) is 0.736. The zero-order valence-corrected chi connectivity index (χ0v) is 9.58. The first-order chi connectivity index (χ1) is 7.42. The summed E-state index contributed by atoms with van der Waals surface area (Å²) in [4.78, 5) is 0. The van der Waals surface area contributed by atoms with Gasteiger partial charge in [-0.25, -0.2) is 0 Å². The first-order valence-corrected chi connectivity index (χ1v) is 6.20. The van der Waals surface area contributed by atoms with Gasteiger partial charge in [0.1, 0.15) is 0 Å². The van der Waals surface area contributed by atoms with Gasteiger partial charge in [0.15, 0.2) is 0 Å². The predicted molar refractivity (Wildman–Crippen MR) is 65.1 cm³/mol. The summed E-state index contributed by atoms with van der Waals surface area (Å²) in [5.41, 5.74) is 1.52. The van der Waals surface area contributed by atoms with Crippen LogP contribution in [-0.4, -0.2) is 12.6 Å². The van der Waals surface area contributed by atoms with Crippen molar-refractivity contribution in [2.75, 3.05) is 6.54 Å². The maximum atomic E-state index is 3.63. The molecule has 0 aliphatic heterocycles. The average molecular weight is 203 g/mol. The first-order valence-electron chi connectivity index (χ1n) is 6.20. The molecule has 0 bridgehead atoms. The molecule has 1 nitrogen and oxygen atoms in total. The molecule has 82 valence electrons. The molecule has 2 rings (SSSR count). The van der Waals surface area contributed by atoms with Gasteiger partial charge in [0.25, 0.3) is 0 Å². The Hall–Kier alpha value is -0.820. The largest absolute Gasteiger partial charge is 0.314 e. The maximum absolute atomic E-state index is 3.63. The Morgan fingerprint density at radius 3 is 2.60 bits per heavy atom. The van der Waals surface area contributed by atoms with Crippen LogP contribution in [0.5, 0.6) is 0 Å². The van der Waals surface area contributed by atoms with Crippen molar-refractivity contribution in [2.45, 2.75) is 44.6 Å². The van der Waals surface area contributed by atoms with Crippen LogP contribution in [0.3, 0.4) is 0 Å². The lowest BCUT2D eigenvalue weighted by Gasteiger charge is -2.32. The highest BCUT2D eigenvalue weighted by molar-refractivity contribution is 5.21. The van der Waals surface area contributed by atoms with Gasteiger partial charge in [-0.1, -0.05) is 50.1 Å². The highest BCUT2D eigenvalue weighted by Crippen LogP contribution is 2.32. The van der Waals surface area contributed by atoms with Gasteiger partial charge in [0.05, 0.1) is 0 Å². The van der Waals surface area contributed by atoms with Gasteiger partial charge in [0, 0.05) is 6.04 Å². The van der Waals surface area contributed by atoms with Gasteiger partial charge in [-0.2, -0.15) is 0 Å². The number of hydrogen-bond donors (Lipinski definition) is 1. The van der Waals surface area contributed by atoms with Crippen molar-refractivity contribution in [1.29, 1.82) is 0 Å². The Morgan fingerprint density at radius 2 is 1.87 bits per heavy atom. The molecule has 1 heteroatoms. The van der Waals surface area contributed by atoms with Crippen LogP contribution < -0.4 is 5.32 Å². The van der Waals surface area contributed by atoms with E-state index in [-0.39, 0.29) is 0 Å². The van der Waals surface area contributed by atoms with Crippen LogP contribution in [0.1, 0.15) is 44.1 Å². The second kappa shape index (κ2) is 5.32. The third-order valence-electron chi connectivity index (χ3n) is 3.46. The number of rotatable bonds is 3. The fourth-order valence-electron chi connectivity index (χ4n) is 2.74. The van der Waals surface area contributed by atoms with Gasteiger partial charge in [0.2, 0.25) is 0 Å². The molecule has 0 heterocycles. The molecular weight excluding hydrogens is 182 g/mol. The fraction of sp³-hybridized carbons (Fsp3) is 0.571. The van der Waals surface area contributed by atoms with Crippen LogP contribution in [0, 0.1) is 0 Å². The van der Waals surface area contributed by atoms with E-state index in [2.05, 4.69) is 42.6 Å². The summed E-state index contributed by atoms with van der Waals surface area (Å²) in [5, 5.41) is 3.63. The molecule has 2 atom stereocenters. The van der Waals surface area contributed by atoms with Crippen LogP contribution in [0.4, 0.5) is 0 Å². The van der Waals surface area contributed by atoms with E-state index < -0.39 is 0 Å². The predicted octanol–water partition coefficient (Wildman–Crippen LogP) is 3.32. The standard InChI is InChI=1S/C14H21N/c1-2-15-14-11-7-6-10-13(14)12-8-4-3-5-9-12/h3-5,8-9,13-15H,2,6-7,10-11H2,1H3/t13-,14+/m1/s1. The second-order valence-corrected chi connectivity index (χ2v) is 4.47. The molecule has 1 fully saturated rings. The maximum Gasteiger partial charge on any atom is 0.0136 e. The normalized spacial score (nSPS) is 26.5. The molecule has 0 amide bonds. The molecule has 0 spiro atoms. The van der Waals surface area contributed by atoms with Gasteiger partial charge >= 0.3 is 0 Å². The van der Waals surface area contributed by atoms with E-state index >= 15 is 0 Å². The van der Waals surface area contributed by atoms with Gasteiger partial charge < -0.3 is 5.32 Å². The Labute approximate surface area is 92.9 Å². The Morgan fingerprint density at radius 1 is 1.13 bits per heavy atom. The minimum Gasteiger partial charge on any atom is -0.314 e. The summed E-state index contributed by atoms with van der Waals surface area (Å²) in [7, 11) is 0. The smallest absolute Gasteiger partial charge is 0.0136 e. The van der Waals surface area contributed by atoms with Crippen molar-refractivity contribution < 1.29 is 0 Å². The molecule has 0 unspecified atom stereocenters. The van der Waals surface area contributed by atoms with Crippen LogP contribution in [0.25, 0.3) is 0 Å². The summed E-state index contributed by atoms with van der Waals surface area (Å²) >= 11 is 0. The second-order valence-electron chi connectivity index (χ2n) is 4.47. The Kier molecular flexibility index (Phi) is 3.79. The van der Waals surface area contributed by atoms with Gasteiger partial charge in [-0.05, 0) is 30.9 Å². The van der Waals surface area contributed by atoms with Crippen molar-refractivity contribution >= 4 is 0 Å². The lowest BCUT2D eigenvalue weighted by atomic mass is 9.80. The molecule has 0 radical (unpaired) electrons. The molecule has 1 aromatic rings. The molecule has 1 saturated carbocycles. The molecule has 1 N–H and O–H groups in total. The number of nitrogens with one attached hydrogen (secondary N) is 1. The molecule has 0 aromatic heterocycles. The molecule has 1 aliphatic carbocycles. The fourth-order valence-corrected chi connectivity index (χ4v) is 2.74. The average Bonchev–Trinajstić information content (AvgIpc) is 2.31. The quantitative estimate of drug-likeness (QED) is 0.794. The monoisotopic (exact) mass is 203 g/mol. The SMILES string of the molecule is CCN[C@H]1CCCC[C@@H]1c1ccccc1. The Balaban J connectivity index is 2.11. The summed E-state index contributed by atoms with van der Waals surface area (Å²) in [6.07, 6.45) is 5.47. The van der Waals surface area contributed by atoms with Crippen molar-refractivity contribution in [3.05, 3.63) is 35.9 Å². The van der Waals surface area contributed by atoms with E-state index in [1.807, 2.05) is 0 Å². The van der Waals surface area contributed by atoms with Crippen molar-refractivity contribution in [1.82, 2.24) is 5.32 Å². The minimum atomic E-state index is 0.700. The number of hydrogen-bond acceptors (Lipinski definition) is 1. The van der Waals surface area contributed by atoms with E-state index in [0.717, 1.165) is 12.5 Å². The highest BCUT2D eigenvalue weighted by atomic mass is 14.9. The lowest BCUT2D eigenvalue weighted by Crippen LogP contribution is -2.36.